The van der Waals surface area contributed by atoms with Crippen LogP contribution in [-0.4, -0.2) is 23.2 Å². The second-order valence-corrected chi connectivity index (χ2v) is 6.17. The first kappa shape index (κ1) is 17.1. The van der Waals surface area contributed by atoms with Gasteiger partial charge in [-0.25, -0.2) is 9.78 Å². The van der Waals surface area contributed by atoms with Crippen LogP contribution in [0.4, 0.5) is 0 Å². The van der Waals surface area contributed by atoms with Crippen molar-refractivity contribution in [2.75, 3.05) is 7.11 Å². The normalized spacial score (nSPS) is 10.5. The first-order valence-electron chi connectivity index (χ1n) is 7.65. The Bertz CT molecular complexity index is 858. The number of thiazole rings is 1. The topological polar surface area (TPSA) is 68.7 Å². The predicted octanol–water partition coefficient (Wildman–Crippen LogP) is 3.67. The fourth-order valence-corrected chi connectivity index (χ4v) is 3.03. The largest absolute Gasteiger partial charge is 0.497 e. The summed E-state index contributed by atoms with van der Waals surface area (Å²) in [5, 5.41) is 11.7. The second-order valence-electron chi connectivity index (χ2n) is 5.31. The molecule has 0 saturated heterocycles. The highest BCUT2D eigenvalue weighted by molar-refractivity contribution is 7.13. The van der Waals surface area contributed by atoms with Crippen molar-refractivity contribution in [2.24, 2.45) is 0 Å². The van der Waals surface area contributed by atoms with E-state index < -0.39 is 5.97 Å². The first-order chi connectivity index (χ1) is 12.2. The van der Waals surface area contributed by atoms with Gasteiger partial charge < -0.3 is 14.6 Å². The van der Waals surface area contributed by atoms with Gasteiger partial charge >= 0.3 is 5.97 Å². The van der Waals surface area contributed by atoms with Crippen LogP contribution in [0.2, 0.25) is 0 Å². The maximum atomic E-state index is 12.1. The molecule has 1 aromatic heterocycles. The Labute approximate surface area is 149 Å². The molecule has 0 bridgehead atoms. The molecule has 3 rings (SSSR count). The van der Waals surface area contributed by atoms with Crippen molar-refractivity contribution in [3.63, 3.8) is 0 Å². The number of rotatable bonds is 6. The van der Waals surface area contributed by atoms with Gasteiger partial charge in [-0.05, 0) is 29.8 Å². The number of aliphatic hydroxyl groups excluding tert-OH is 1. The third-order valence-electron chi connectivity index (χ3n) is 3.59. The third-order valence-corrected chi connectivity index (χ3v) is 4.53. The summed E-state index contributed by atoms with van der Waals surface area (Å²) in [7, 11) is 1.62. The van der Waals surface area contributed by atoms with Crippen LogP contribution in [-0.2, 0) is 18.0 Å². The minimum atomic E-state index is -0.416. The minimum Gasteiger partial charge on any atom is -0.497 e. The van der Waals surface area contributed by atoms with Crippen LogP contribution in [0.25, 0.3) is 10.6 Å². The first-order valence-corrected chi connectivity index (χ1v) is 8.53. The van der Waals surface area contributed by atoms with Gasteiger partial charge in [0.1, 0.15) is 17.4 Å². The smallest absolute Gasteiger partial charge is 0.338 e. The summed E-state index contributed by atoms with van der Waals surface area (Å²) in [5.41, 5.74) is 2.85. The number of benzene rings is 2. The van der Waals surface area contributed by atoms with E-state index in [-0.39, 0.29) is 13.2 Å². The minimum absolute atomic E-state index is 0.0544. The molecule has 0 fully saturated rings. The Morgan fingerprint density at radius 3 is 2.72 bits per heavy atom. The highest BCUT2D eigenvalue weighted by atomic mass is 32.1. The third kappa shape index (κ3) is 4.23. The lowest BCUT2D eigenvalue weighted by molar-refractivity contribution is 0.0468. The van der Waals surface area contributed by atoms with E-state index in [9.17, 15) is 4.79 Å². The van der Waals surface area contributed by atoms with Crippen molar-refractivity contribution >= 4 is 17.3 Å². The number of aliphatic hydroxyl groups is 1. The average Bonchev–Trinajstić information content (AvgIpc) is 3.15. The fraction of sp³-hybridized carbons (Fsp3) is 0.158. The molecule has 0 aliphatic heterocycles. The second kappa shape index (κ2) is 7.92. The number of nitrogens with zero attached hydrogens (tertiary/aromatic N) is 1. The van der Waals surface area contributed by atoms with Crippen molar-refractivity contribution in [3.8, 4) is 16.3 Å². The van der Waals surface area contributed by atoms with Gasteiger partial charge in [-0.3, -0.25) is 0 Å². The number of carbonyl (C=O) groups excluding carboxylic acids is 1. The fourth-order valence-electron chi connectivity index (χ4n) is 2.23. The summed E-state index contributed by atoms with van der Waals surface area (Å²) in [4.78, 5) is 16.6. The molecule has 0 amide bonds. The van der Waals surface area contributed by atoms with Crippen molar-refractivity contribution in [3.05, 3.63) is 70.7 Å². The number of hydrogen-bond donors (Lipinski definition) is 1. The Balaban J connectivity index is 1.63. The van der Waals surface area contributed by atoms with Gasteiger partial charge in [0, 0.05) is 10.9 Å². The van der Waals surface area contributed by atoms with Crippen molar-refractivity contribution in [2.45, 2.75) is 13.2 Å². The van der Waals surface area contributed by atoms with E-state index in [2.05, 4.69) is 4.98 Å². The van der Waals surface area contributed by atoms with Crippen LogP contribution in [0, 0.1) is 0 Å². The van der Waals surface area contributed by atoms with E-state index in [1.54, 1.807) is 31.4 Å². The van der Waals surface area contributed by atoms with Gasteiger partial charge in [0.2, 0.25) is 0 Å². The van der Waals surface area contributed by atoms with Crippen molar-refractivity contribution in [1.29, 1.82) is 0 Å². The molecule has 25 heavy (non-hydrogen) atoms. The van der Waals surface area contributed by atoms with E-state index in [0.717, 1.165) is 21.9 Å². The van der Waals surface area contributed by atoms with Crippen LogP contribution in [0.1, 0.15) is 21.6 Å². The Kier molecular flexibility index (Phi) is 5.42. The lowest BCUT2D eigenvalue weighted by atomic mass is 10.1. The lowest BCUT2D eigenvalue weighted by Gasteiger charge is -2.04. The molecule has 0 radical (unpaired) electrons. The lowest BCUT2D eigenvalue weighted by Crippen LogP contribution is -2.05. The molecule has 1 heterocycles. The van der Waals surface area contributed by atoms with E-state index in [4.69, 9.17) is 14.6 Å². The van der Waals surface area contributed by atoms with E-state index in [1.807, 2.05) is 29.6 Å². The van der Waals surface area contributed by atoms with Crippen molar-refractivity contribution < 1.29 is 19.4 Å². The summed E-state index contributed by atoms with van der Waals surface area (Å²) >= 11 is 1.49. The molecule has 128 valence electrons. The monoisotopic (exact) mass is 355 g/mol. The molecule has 6 heteroatoms. The standard InChI is InChI=1S/C19H17NO4S/c1-23-17-4-2-3-15(9-17)18-20-16(12-25-18)11-24-19(22)14-7-5-13(10-21)6-8-14/h2-9,12,21H,10-11H2,1H3. The van der Waals surface area contributed by atoms with Gasteiger partial charge in [0.05, 0.1) is 25.0 Å². The zero-order chi connectivity index (χ0) is 17.6. The Morgan fingerprint density at radius 2 is 2.00 bits per heavy atom. The van der Waals surface area contributed by atoms with Gasteiger partial charge in [0.25, 0.3) is 0 Å². The van der Waals surface area contributed by atoms with Gasteiger partial charge in [-0.2, -0.15) is 0 Å². The summed E-state index contributed by atoms with van der Waals surface area (Å²) < 4.78 is 10.5. The molecule has 3 aromatic rings. The molecule has 1 N–H and O–H groups in total. The molecular formula is C19H17NO4S. The number of aromatic nitrogens is 1. The van der Waals surface area contributed by atoms with Gasteiger partial charge in [-0.15, -0.1) is 11.3 Å². The molecule has 0 atom stereocenters. The quantitative estimate of drug-likeness (QED) is 0.683. The Hall–Kier alpha value is -2.70. The number of ether oxygens (including phenoxy) is 2. The highest BCUT2D eigenvalue weighted by Gasteiger charge is 2.10. The molecular weight excluding hydrogens is 338 g/mol. The van der Waals surface area contributed by atoms with E-state index in [0.29, 0.717) is 11.3 Å². The van der Waals surface area contributed by atoms with Gasteiger partial charge in [-0.1, -0.05) is 24.3 Å². The van der Waals surface area contributed by atoms with Crippen LogP contribution in [0.3, 0.4) is 0 Å². The zero-order valence-corrected chi connectivity index (χ0v) is 14.5. The number of carbonyl (C=O) groups is 1. The van der Waals surface area contributed by atoms with Crippen molar-refractivity contribution in [1.82, 2.24) is 4.98 Å². The molecule has 0 unspecified atom stereocenters. The maximum Gasteiger partial charge on any atom is 0.338 e. The molecule has 2 aromatic carbocycles. The maximum absolute atomic E-state index is 12.1. The summed E-state index contributed by atoms with van der Waals surface area (Å²) in [6, 6.07) is 14.3. The number of methoxy groups -OCH3 is 1. The predicted molar refractivity (Wildman–Crippen MR) is 95.6 cm³/mol. The summed E-state index contributed by atoms with van der Waals surface area (Å²) in [5.74, 6) is 0.354. The van der Waals surface area contributed by atoms with E-state index in [1.165, 1.54) is 11.3 Å². The van der Waals surface area contributed by atoms with Crippen LogP contribution >= 0.6 is 11.3 Å². The molecule has 0 spiro atoms. The molecule has 0 saturated carbocycles. The number of esters is 1. The van der Waals surface area contributed by atoms with E-state index >= 15 is 0 Å². The summed E-state index contributed by atoms with van der Waals surface area (Å²) in [6.07, 6.45) is 0. The number of hydrogen-bond acceptors (Lipinski definition) is 6. The highest BCUT2D eigenvalue weighted by Crippen LogP contribution is 2.27. The zero-order valence-electron chi connectivity index (χ0n) is 13.6. The molecule has 0 aliphatic rings. The van der Waals surface area contributed by atoms with Crippen LogP contribution < -0.4 is 4.74 Å². The van der Waals surface area contributed by atoms with Crippen LogP contribution in [0.5, 0.6) is 5.75 Å². The molecule has 0 aliphatic carbocycles. The Morgan fingerprint density at radius 1 is 1.20 bits per heavy atom. The van der Waals surface area contributed by atoms with Crippen LogP contribution in [0.15, 0.2) is 53.9 Å². The molecule has 5 nitrogen and oxygen atoms in total. The van der Waals surface area contributed by atoms with Gasteiger partial charge in [0.15, 0.2) is 0 Å². The SMILES string of the molecule is COc1cccc(-c2nc(COC(=O)c3ccc(CO)cc3)cs2)c1. The summed E-state index contributed by atoms with van der Waals surface area (Å²) in [6.45, 7) is 0.0578. The average molecular weight is 355 g/mol.